The summed E-state index contributed by atoms with van der Waals surface area (Å²) in [5, 5.41) is 15.5. The second-order valence-corrected chi connectivity index (χ2v) is 7.51. The van der Waals surface area contributed by atoms with Gasteiger partial charge in [0.2, 0.25) is 5.91 Å². The third kappa shape index (κ3) is 3.98. The maximum Gasteiger partial charge on any atom is 0.405 e. The smallest absolute Gasteiger partial charge is 0.405 e. The second-order valence-electron chi connectivity index (χ2n) is 7.51. The number of rotatable bonds is 7. The molecule has 0 saturated carbocycles. The zero-order chi connectivity index (χ0) is 21.1. The zero-order valence-corrected chi connectivity index (χ0v) is 16.5. The molecule has 0 aliphatic carbocycles. The number of hydrogen-bond donors (Lipinski definition) is 5. The van der Waals surface area contributed by atoms with Gasteiger partial charge in [-0.15, -0.1) is 0 Å². The number of aromatic amines is 2. The highest BCUT2D eigenvalue weighted by Crippen LogP contribution is 2.23. The van der Waals surface area contributed by atoms with Crippen molar-refractivity contribution in [1.82, 2.24) is 25.6 Å². The van der Waals surface area contributed by atoms with Gasteiger partial charge in [0.05, 0.1) is 11.0 Å². The molecule has 4 aromatic rings. The van der Waals surface area contributed by atoms with Crippen LogP contribution in [0.4, 0.5) is 4.79 Å². The Morgan fingerprint density at radius 3 is 2.60 bits per heavy atom. The maximum atomic E-state index is 12.9. The summed E-state index contributed by atoms with van der Waals surface area (Å²) in [5.41, 5.74) is 2.31. The van der Waals surface area contributed by atoms with Crippen LogP contribution in [0.15, 0.2) is 54.7 Å². The van der Waals surface area contributed by atoms with Crippen LogP contribution < -0.4 is 10.6 Å². The Kier molecular flexibility index (Phi) is 5.14. The van der Waals surface area contributed by atoms with Crippen molar-refractivity contribution in [3.05, 3.63) is 66.1 Å². The van der Waals surface area contributed by atoms with Crippen LogP contribution in [-0.4, -0.2) is 44.1 Å². The summed E-state index contributed by atoms with van der Waals surface area (Å²) >= 11 is 0. The number of H-pyrrole nitrogens is 2. The van der Waals surface area contributed by atoms with E-state index in [-0.39, 0.29) is 12.3 Å². The maximum absolute atomic E-state index is 12.9. The minimum atomic E-state index is -1.31. The molecule has 0 radical (unpaired) electrons. The van der Waals surface area contributed by atoms with E-state index in [4.69, 9.17) is 0 Å². The van der Waals surface area contributed by atoms with E-state index in [0.717, 1.165) is 33.3 Å². The first-order chi connectivity index (χ1) is 14.4. The number of carboxylic acid groups (broad SMARTS) is 1. The van der Waals surface area contributed by atoms with Crippen LogP contribution in [0.2, 0.25) is 0 Å². The predicted molar refractivity (Wildman–Crippen MR) is 114 cm³/mol. The molecule has 2 aromatic heterocycles. The molecule has 0 saturated heterocycles. The van der Waals surface area contributed by atoms with E-state index in [0.29, 0.717) is 13.0 Å². The first-order valence-electron chi connectivity index (χ1n) is 9.73. The summed E-state index contributed by atoms with van der Waals surface area (Å²) in [7, 11) is 0. The Balaban J connectivity index is 1.46. The lowest BCUT2D eigenvalue weighted by atomic mass is 9.91. The van der Waals surface area contributed by atoms with Crippen molar-refractivity contribution in [2.75, 3.05) is 6.54 Å². The molecule has 2 amide bonds. The summed E-state index contributed by atoms with van der Waals surface area (Å²) in [5.74, 6) is 0.382. The number of nitrogens with one attached hydrogen (secondary N) is 4. The van der Waals surface area contributed by atoms with E-state index in [1.807, 2.05) is 54.7 Å². The molecule has 5 N–H and O–H groups in total. The highest BCUT2D eigenvalue weighted by Gasteiger charge is 2.35. The molecule has 30 heavy (non-hydrogen) atoms. The third-order valence-corrected chi connectivity index (χ3v) is 5.19. The normalized spacial score (nSPS) is 13.2. The molecule has 0 bridgehead atoms. The molecule has 1 unspecified atom stereocenters. The monoisotopic (exact) mass is 405 g/mol. The van der Waals surface area contributed by atoms with Crippen molar-refractivity contribution < 1.29 is 14.7 Å². The Bertz CT molecular complexity index is 1180. The number of hydrogen-bond acceptors (Lipinski definition) is 3. The summed E-state index contributed by atoms with van der Waals surface area (Å²) < 4.78 is 0. The fourth-order valence-electron chi connectivity index (χ4n) is 3.69. The molecule has 2 aromatic carbocycles. The highest BCUT2D eigenvalue weighted by molar-refractivity contribution is 5.91. The van der Waals surface area contributed by atoms with E-state index in [1.54, 1.807) is 6.92 Å². The number of carbonyl (C=O) groups excluding carboxylic acids is 1. The summed E-state index contributed by atoms with van der Waals surface area (Å²) in [6.45, 7) is 1.93. The van der Waals surface area contributed by atoms with Crippen molar-refractivity contribution in [2.45, 2.75) is 25.3 Å². The average Bonchev–Trinajstić information content (AvgIpc) is 3.31. The Labute approximate surface area is 172 Å². The first-order valence-corrected chi connectivity index (χ1v) is 9.73. The molecule has 1 atom stereocenters. The molecule has 2 heterocycles. The Morgan fingerprint density at radius 2 is 1.83 bits per heavy atom. The van der Waals surface area contributed by atoms with E-state index >= 15 is 0 Å². The quantitative estimate of drug-likeness (QED) is 0.324. The van der Waals surface area contributed by atoms with Crippen LogP contribution in [0.25, 0.3) is 21.9 Å². The van der Waals surface area contributed by atoms with Gasteiger partial charge in [-0.2, -0.15) is 0 Å². The largest absolute Gasteiger partial charge is 0.465 e. The molecule has 8 nitrogen and oxygen atoms in total. The number of para-hydroxylation sites is 3. The van der Waals surface area contributed by atoms with Crippen molar-refractivity contribution in [3.8, 4) is 0 Å². The number of aromatic nitrogens is 3. The van der Waals surface area contributed by atoms with E-state index < -0.39 is 11.6 Å². The standard InChI is InChI=1S/C22H23N5O3/c1-22(27-21(29)30,12-14-13-24-16-7-3-2-6-15(14)16)20(28)23-11-10-19-25-17-8-4-5-9-18(17)26-19/h2-9,13,24,27H,10-12H2,1H3,(H,23,28)(H,25,26)(H,29,30). The molecule has 8 heteroatoms. The van der Waals surface area contributed by atoms with Crippen molar-refractivity contribution in [2.24, 2.45) is 0 Å². The number of imidazole rings is 1. The topological polar surface area (TPSA) is 123 Å². The predicted octanol–water partition coefficient (Wildman–Crippen LogP) is 2.97. The summed E-state index contributed by atoms with van der Waals surface area (Å²) in [4.78, 5) is 35.2. The number of amides is 2. The molecular weight excluding hydrogens is 382 g/mol. The molecule has 0 aliphatic heterocycles. The molecule has 154 valence electrons. The lowest BCUT2D eigenvalue weighted by molar-refractivity contribution is -0.126. The van der Waals surface area contributed by atoms with Gasteiger partial charge in [0.25, 0.3) is 0 Å². The van der Waals surface area contributed by atoms with Crippen LogP contribution in [-0.2, 0) is 17.6 Å². The number of fused-ring (bicyclic) bond motifs is 2. The fourth-order valence-corrected chi connectivity index (χ4v) is 3.69. The van der Waals surface area contributed by atoms with Gasteiger partial charge >= 0.3 is 6.09 Å². The van der Waals surface area contributed by atoms with Crippen LogP contribution >= 0.6 is 0 Å². The van der Waals surface area contributed by atoms with E-state index in [1.165, 1.54) is 0 Å². The molecule has 0 aliphatic rings. The van der Waals surface area contributed by atoms with Gasteiger partial charge in [0, 0.05) is 36.5 Å². The number of carbonyl (C=O) groups is 2. The van der Waals surface area contributed by atoms with Crippen LogP contribution in [0.5, 0.6) is 0 Å². The van der Waals surface area contributed by atoms with E-state index in [2.05, 4.69) is 25.6 Å². The second kappa shape index (κ2) is 7.90. The Hall–Kier alpha value is -3.81. The van der Waals surface area contributed by atoms with Gasteiger partial charge in [-0.3, -0.25) is 4.79 Å². The van der Waals surface area contributed by atoms with Gasteiger partial charge in [-0.1, -0.05) is 30.3 Å². The van der Waals surface area contributed by atoms with Gasteiger partial charge in [-0.05, 0) is 30.7 Å². The average molecular weight is 405 g/mol. The van der Waals surface area contributed by atoms with Crippen LogP contribution in [0.1, 0.15) is 18.3 Å². The lowest BCUT2D eigenvalue weighted by Gasteiger charge is -2.28. The summed E-state index contributed by atoms with van der Waals surface area (Å²) in [6, 6.07) is 15.4. The van der Waals surface area contributed by atoms with Crippen LogP contribution in [0.3, 0.4) is 0 Å². The van der Waals surface area contributed by atoms with Crippen molar-refractivity contribution in [3.63, 3.8) is 0 Å². The van der Waals surface area contributed by atoms with Crippen molar-refractivity contribution >= 4 is 33.9 Å². The SMILES string of the molecule is CC(Cc1c[nH]c2ccccc12)(NC(=O)O)C(=O)NCCc1nc2ccccc2[nH]1. The van der Waals surface area contributed by atoms with Crippen molar-refractivity contribution in [1.29, 1.82) is 0 Å². The van der Waals surface area contributed by atoms with Crippen LogP contribution in [0, 0.1) is 0 Å². The molecule has 0 fully saturated rings. The molecule has 4 rings (SSSR count). The van der Waals surface area contributed by atoms with E-state index in [9.17, 15) is 14.7 Å². The summed E-state index contributed by atoms with van der Waals surface area (Å²) in [6.07, 6.45) is 1.30. The van der Waals surface area contributed by atoms with Gasteiger partial charge in [0.15, 0.2) is 0 Å². The van der Waals surface area contributed by atoms with Gasteiger partial charge in [-0.25, -0.2) is 9.78 Å². The zero-order valence-electron chi connectivity index (χ0n) is 16.5. The minimum absolute atomic E-state index is 0.222. The third-order valence-electron chi connectivity index (χ3n) is 5.19. The highest BCUT2D eigenvalue weighted by atomic mass is 16.4. The van der Waals surface area contributed by atoms with Gasteiger partial charge < -0.3 is 25.7 Å². The molecule has 0 spiro atoms. The fraction of sp³-hybridized carbons (Fsp3) is 0.227. The molecular formula is C22H23N5O3. The first kappa shape index (κ1) is 19.5. The van der Waals surface area contributed by atoms with Gasteiger partial charge in [0.1, 0.15) is 11.4 Å². The Morgan fingerprint density at radius 1 is 1.10 bits per heavy atom. The number of nitrogens with zero attached hydrogens (tertiary/aromatic N) is 1. The minimum Gasteiger partial charge on any atom is -0.465 e. The number of benzene rings is 2. The lowest BCUT2D eigenvalue weighted by Crippen LogP contribution is -2.58.